The van der Waals surface area contributed by atoms with Crippen molar-refractivity contribution in [3.63, 3.8) is 0 Å². The van der Waals surface area contributed by atoms with Crippen LogP contribution >= 0.6 is 11.8 Å². The van der Waals surface area contributed by atoms with Crippen LogP contribution in [0.3, 0.4) is 0 Å². The molecule has 0 spiro atoms. The van der Waals surface area contributed by atoms with Gasteiger partial charge >= 0.3 is 5.51 Å². The third-order valence-electron chi connectivity index (χ3n) is 2.06. The highest BCUT2D eigenvalue weighted by Gasteiger charge is 2.27. The number of rotatable bonds is 6. The molecule has 9 heteroatoms. The second-order valence-electron chi connectivity index (χ2n) is 3.62. The summed E-state index contributed by atoms with van der Waals surface area (Å²) in [6, 6.07) is 3.10. The number of benzene rings is 1. The van der Waals surface area contributed by atoms with Crippen molar-refractivity contribution >= 4 is 23.4 Å². The Hall–Kier alpha value is -1.35. The molecule has 20 heavy (non-hydrogen) atoms. The van der Waals surface area contributed by atoms with Crippen LogP contribution in [-0.2, 0) is 4.79 Å². The topological polar surface area (TPSA) is 41.1 Å². The van der Waals surface area contributed by atoms with Crippen molar-refractivity contribution in [2.24, 2.45) is 0 Å². The fourth-order valence-electron chi connectivity index (χ4n) is 1.24. The van der Waals surface area contributed by atoms with Crippen LogP contribution < -0.4 is 10.6 Å². The number of para-hydroxylation sites is 1. The Morgan fingerprint density at radius 3 is 2.35 bits per heavy atom. The number of hydrogen-bond acceptors (Lipinski definition) is 3. The Labute approximate surface area is 115 Å². The molecular weight excluding hydrogens is 303 g/mol. The summed E-state index contributed by atoms with van der Waals surface area (Å²) in [6.45, 7) is -0.399. The lowest BCUT2D eigenvalue weighted by molar-refractivity contribution is -0.115. The molecule has 1 aromatic carbocycles. The minimum absolute atomic E-state index is 0.0582. The molecule has 0 unspecified atom stereocenters. The molecule has 0 radical (unpaired) electrons. The highest BCUT2D eigenvalue weighted by Crippen LogP contribution is 2.29. The Morgan fingerprint density at radius 1 is 1.20 bits per heavy atom. The van der Waals surface area contributed by atoms with E-state index in [9.17, 15) is 26.7 Å². The molecule has 1 aromatic rings. The molecule has 0 aliphatic carbocycles. The zero-order valence-corrected chi connectivity index (χ0v) is 10.9. The van der Waals surface area contributed by atoms with Crippen LogP contribution in [0, 0.1) is 11.6 Å². The number of anilines is 1. The van der Waals surface area contributed by atoms with E-state index in [1.807, 2.05) is 5.32 Å². The van der Waals surface area contributed by atoms with Gasteiger partial charge in [-0.3, -0.25) is 4.79 Å². The first-order valence-electron chi connectivity index (χ1n) is 5.45. The number of carbonyl (C=O) groups excluding carboxylic acids is 1. The van der Waals surface area contributed by atoms with E-state index in [1.165, 1.54) is 0 Å². The van der Waals surface area contributed by atoms with Crippen LogP contribution in [0.4, 0.5) is 27.6 Å². The first kappa shape index (κ1) is 16.7. The number of hydrogen-bond donors (Lipinski definition) is 2. The Kier molecular flexibility index (Phi) is 6.21. The van der Waals surface area contributed by atoms with E-state index in [-0.39, 0.29) is 30.6 Å². The molecule has 0 aliphatic heterocycles. The fourth-order valence-corrected chi connectivity index (χ4v) is 1.72. The van der Waals surface area contributed by atoms with Crippen molar-refractivity contribution in [3.8, 4) is 0 Å². The molecule has 0 heterocycles. The van der Waals surface area contributed by atoms with Gasteiger partial charge in [0.25, 0.3) is 0 Å². The standard InChI is InChI=1S/C11H11F5N2OS/c12-7-2-1-3-8(13)10(7)18-9(19)6-17-4-5-20-11(14,15)16/h1-3,17H,4-6H2,(H,18,19). The number of nitrogens with one attached hydrogen (secondary N) is 2. The summed E-state index contributed by atoms with van der Waals surface area (Å²) in [4.78, 5) is 11.3. The Bertz CT molecular complexity index is 446. The minimum atomic E-state index is -4.32. The lowest BCUT2D eigenvalue weighted by Crippen LogP contribution is -2.30. The largest absolute Gasteiger partial charge is 0.441 e. The summed E-state index contributed by atoms with van der Waals surface area (Å²) in [5, 5.41) is 4.44. The van der Waals surface area contributed by atoms with Gasteiger partial charge in [0, 0.05) is 12.3 Å². The average Bonchev–Trinajstić information content (AvgIpc) is 2.32. The van der Waals surface area contributed by atoms with Gasteiger partial charge < -0.3 is 10.6 Å². The molecule has 1 amide bonds. The number of thioether (sulfide) groups is 1. The lowest BCUT2D eigenvalue weighted by Gasteiger charge is -2.09. The van der Waals surface area contributed by atoms with E-state index in [4.69, 9.17) is 0 Å². The molecule has 2 N–H and O–H groups in total. The van der Waals surface area contributed by atoms with Gasteiger partial charge in [0.05, 0.1) is 6.54 Å². The van der Waals surface area contributed by atoms with Crippen molar-refractivity contribution in [1.29, 1.82) is 0 Å². The molecule has 0 fully saturated rings. The van der Waals surface area contributed by atoms with Crippen LogP contribution in [0.1, 0.15) is 0 Å². The molecule has 112 valence electrons. The predicted octanol–water partition coefficient (Wildman–Crippen LogP) is 2.75. The summed E-state index contributed by atoms with van der Waals surface area (Å²) in [5.41, 5.74) is -4.90. The van der Waals surface area contributed by atoms with Crippen LogP contribution in [0.25, 0.3) is 0 Å². The monoisotopic (exact) mass is 314 g/mol. The fraction of sp³-hybridized carbons (Fsp3) is 0.364. The van der Waals surface area contributed by atoms with Crippen molar-refractivity contribution < 1.29 is 26.7 Å². The maximum Gasteiger partial charge on any atom is 0.441 e. The molecule has 1 rings (SSSR count). The summed E-state index contributed by atoms with van der Waals surface area (Å²) < 4.78 is 61.7. The zero-order valence-electron chi connectivity index (χ0n) is 10.1. The van der Waals surface area contributed by atoms with Gasteiger partial charge in [-0.15, -0.1) is 0 Å². The highest BCUT2D eigenvalue weighted by atomic mass is 32.2. The van der Waals surface area contributed by atoms with E-state index in [1.54, 1.807) is 0 Å². The lowest BCUT2D eigenvalue weighted by atomic mass is 10.3. The van der Waals surface area contributed by atoms with Crippen molar-refractivity contribution in [2.75, 3.05) is 24.2 Å². The van der Waals surface area contributed by atoms with E-state index in [0.29, 0.717) is 0 Å². The third-order valence-corrected chi connectivity index (χ3v) is 2.79. The van der Waals surface area contributed by atoms with E-state index >= 15 is 0 Å². The van der Waals surface area contributed by atoms with Gasteiger partial charge in [-0.1, -0.05) is 6.07 Å². The maximum atomic E-state index is 13.2. The van der Waals surface area contributed by atoms with Gasteiger partial charge in [0.15, 0.2) is 0 Å². The van der Waals surface area contributed by atoms with Gasteiger partial charge in [-0.2, -0.15) is 13.2 Å². The van der Waals surface area contributed by atoms with E-state index in [2.05, 4.69) is 5.32 Å². The molecular formula is C11H11F5N2OS. The van der Waals surface area contributed by atoms with Crippen LogP contribution in [-0.4, -0.2) is 30.3 Å². The Balaban J connectivity index is 2.31. The van der Waals surface area contributed by atoms with Gasteiger partial charge in [-0.25, -0.2) is 8.78 Å². The van der Waals surface area contributed by atoms with Crippen LogP contribution in [0.15, 0.2) is 18.2 Å². The summed E-state index contributed by atoms with van der Waals surface area (Å²) in [6.07, 6.45) is 0. The summed E-state index contributed by atoms with van der Waals surface area (Å²) in [5.74, 6) is -2.85. The molecule has 0 aliphatic rings. The van der Waals surface area contributed by atoms with Crippen molar-refractivity contribution in [2.45, 2.75) is 5.51 Å². The normalized spacial score (nSPS) is 11.4. The highest BCUT2D eigenvalue weighted by molar-refractivity contribution is 8.00. The quantitative estimate of drug-likeness (QED) is 0.627. The van der Waals surface area contributed by atoms with Gasteiger partial charge in [0.2, 0.25) is 5.91 Å². The van der Waals surface area contributed by atoms with Crippen molar-refractivity contribution in [1.82, 2.24) is 5.32 Å². The molecule has 0 saturated heterocycles. The maximum absolute atomic E-state index is 13.2. The average molecular weight is 314 g/mol. The molecule has 0 saturated carbocycles. The van der Waals surface area contributed by atoms with Crippen molar-refractivity contribution in [3.05, 3.63) is 29.8 Å². The second-order valence-corrected chi connectivity index (χ2v) is 4.78. The van der Waals surface area contributed by atoms with Crippen LogP contribution in [0.5, 0.6) is 0 Å². The SMILES string of the molecule is O=C(CNCCSC(F)(F)F)Nc1c(F)cccc1F. The molecule has 0 atom stereocenters. The predicted molar refractivity (Wildman–Crippen MR) is 66.4 cm³/mol. The van der Waals surface area contributed by atoms with E-state index < -0.39 is 28.7 Å². The van der Waals surface area contributed by atoms with Gasteiger partial charge in [-0.05, 0) is 23.9 Å². The first-order valence-corrected chi connectivity index (χ1v) is 6.43. The van der Waals surface area contributed by atoms with Gasteiger partial charge in [0.1, 0.15) is 17.3 Å². The summed E-state index contributed by atoms with van der Waals surface area (Å²) in [7, 11) is 0. The second kappa shape index (κ2) is 7.44. The third kappa shape index (κ3) is 6.20. The van der Waals surface area contributed by atoms with Crippen LogP contribution in [0.2, 0.25) is 0 Å². The Morgan fingerprint density at radius 2 is 1.80 bits per heavy atom. The smallest absolute Gasteiger partial charge is 0.320 e. The molecule has 3 nitrogen and oxygen atoms in total. The number of alkyl halides is 3. The molecule has 0 bridgehead atoms. The molecule has 0 aromatic heterocycles. The number of halogens is 5. The number of amides is 1. The summed E-state index contributed by atoms with van der Waals surface area (Å²) >= 11 is -0.220. The zero-order chi connectivity index (χ0) is 15.2. The van der Waals surface area contributed by atoms with E-state index in [0.717, 1.165) is 18.2 Å². The minimum Gasteiger partial charge on any atom is -0.320 e. The number of carbonyl (C=O) groups is 1. The first-order chi connectivity index (χ1) is 9.29.